The molecule has 0 unspecified atom stereocenters. The SMILES string of the molecule is CCc1cc(=O)[nH]c(Cc2ccc(Cl)cc2)n1. The molecule has 0 amide bonds. The van der Waals surface area contributed by atoms with Crippen LogP contribution in [0.15, 0.2) is 35.1 Å². The topological polar surface area (TPSA) is 45.8 Å². The Hall–Kier alpha value is -1.61. The van der Waals surface area contributed by atoms with Crippen LogP contribution >= 0.6 is 11.6 Å². The summed E-state index contributed by atoms with van der Waals surface area (Å²) >= 11 is 5.81. The van der Waals surface area contributed by atoms with Gasteiger partial charge in [0.25, 0.3) is 5.56 Å². The monoisotopic (exact) mass is 248 g/mol. The zero-order valence-electron chi connectivity index (χ0n) is 9.53. The van der Waals surface area contributed by atoms with Crippen molar-refractivity contribution in [1.82, 2.24) is 9.97 Å². The van der Waals surface area contributed by atoms with Gasteiger partial charge in [-0.25, -0.2) is 4.98 Å². The van der Waals surface area contributed by atoms with Crippen LogP contribution in [0.5, 0.6) is 0 Å². The summed E-state index contributed by atoms with van der Waals surface area (Å²) in [6.45, 7) is 1.98. The molecule has 0 aliphatic rings. The van der Waals surface area contributed by atoms with E-state index in [0.717, 1.165) is 17.7 Å². The van der Waals surface area contributed by atoms with E-state index in [1.807, 2.05) is 31.2 Å². The second-order valence-electron chi connectivity index (χ2n) is 3.84. The maximum absolute atomic E-state index is 11.4. The van der Waals surface area contributed by atoms with Crippen molar-refractivity contribution < 1.29 is 0 Å². The summed E-state index contributed by atoms with van der Waals surface area (Å²) in [4.78, 5) is 18.5. The predicted octanol–water partition coefficient (Wildman–Crippen LogP) is 2.58. The first-order chi connectivity index (χ1) is 8.17. The first kappa shape index (κ1) is 11.9. The highest BCUT2D eigenvalue weighted by molar-refractivity contribution is 6.30. The van der Waals surface area contributed by atoms with Crippen molar-refractivity contribution in [3.8, 4) is 0 Å². The molecule has 0 saturated heterocycles. The fourth-order valence-corrected chi connectivity index (χ4v) is 1.75. The summed E-state index contributed by atoms with van der Waals surface area (Å²) in [5.41, 5.74) is 1.80. The standard InChI is InChI=1S/C13H13ClN2O/c1-2-11-8-13(17)16-12(15-11)7-9-3-5-10(14)6-4-9/h3-6,8H,2,7H2,1H3,(H,15,16,17). The lowest BCUT2D eigenvalue weighted by molar-refractivity contribution is 0.888. The van der Waals surface area contributed by atoms with Crippen LogP contribution in [-0.2, 0) is 12.8 Å². The zero-order valence-corrected chi connectivity index (χ0v) is 10.3. The number of aromatic nitrogens is 2. The van der Waals surface area contributed by atoms with E-state index in [-0.39, 0.29) is 5.56 Å². The van der Waals surface area contributed by atoms with E-state index in [4.69, 9.17) is 11.6 Å². The predicted molar refractivity (Wildman–Crippen MR) is 68.5 cm³/mol. The molecule has 2 rings (SSSR count). The summed E-state index contributed by atoms with van der Waals surface area (Å²) in [5.74, 6) is 0.691. The molecule has 2 aromatic rings. The molecule has 1 aromatic heterocycles. The lowest BCUT2D eigenvalue weighted by Crippen LogP contribution is -2.12. The maximum Gasteiger partial charge on any atom is 0.251 e. The highest BCUT2D eigenvalue weighted by Crippen LogP contribution is 2.11. The number of halogens is 1. The Bertz CT molecular complexity index is 560. The Morgan fingerprint density at radius 3 is 2.65 bits per heavy atom. The van der Waals surface area contributed by atoms with Gasteiger partial charge in [0.2, 0.25) is 0 Å². The number of H-pyrrole nitrogens is 1. The first-order valence-electron chi connectivity index (χ1n) is 5.51. The van der Waals surface area contributed by atoms with E-state index in [1.54, 1.807) is 0 Å². The molecule has 0 radical (unpaired) electrons. The van der Waals surface area contributed by atoms with E-state index in [2.05, 4.69) is 9.97 Å². The normalized spacial score (nSPS) is 10.5. The van der Waals surface area contributed by atoms with Crippen LogP contribution in [0.1, 0.15) is 24.0 Å². The molecule has 0 spiro atoms. The number of rotatable bonds is 3. The molecule has 17 heavy (non-hydrogen) atoms. The first-order valence-corrected chi connectivity index (χ1v) is 5.88. The van der Waals surface area contributed by atoms with Crippen LogP contribution in [0.25, 0.3) is 0 Å². The van der Waals surface area contributed by atoms with Gasteiger partial charge in [-0.05, 0) is 24.1 Å². The number of hydrogen-bond donors (Lipinski definition) is 1. The summed E-state index contributed by atoms with van der Waals surface area (Å²) in [6.07, 6.45) is 1.37. The van der Waals surface area contributed by atoms with E-state index in [0.29, 0.717) is 17.3 Å². The molecule has 0 aliphatic heterocycles. The minimum Gasteiger partial charge on any atom is -0.310 e. The van der Waals surface area contributed by atoms with Crippen molar-refractivity contribution in [2.75, 3.05) is 0 Å². The molecule has 3 nitrogen and oxygen atoms in total. The lowest BCUT2D eigenvalue weighted by atomic mass is 10.1. The van der Waals surface area contributed by atoms with Crippen molar-refractivity contribution in [2.45, 2.75) is 19.8 Å². The molecule has 1 aromatic carbocycles. The largest absolute Gasteiger partial charge is 0.310 e. The van der Waals surface area contributed by atoms with Crippen LogP contribution in [0.2, 0.25) is 5.02 Å². The summed E-state index contributed by atoms with van der Waals surface area (Å²) in [6, 6.07) is 9.06. The maximum atomic E-state index is 11.4. The van der Waals surface area contributed by atoms with Crippen LogP contribution in [0, 0.1) is 0 Å². The fraction of sp³-hybridized carbons (Fsp3) is 0.231. The van der Waals surface area contributed by atoms with E-state index in [1.165, 1.54) is 6.07 Å². The summed E-state index contributed by atoms with van der Waals surface area (Å²) in [7, 11) is 0. The average Bonchev–Trinajstić information content (AvgIpc) is 2.31. The fourth-order valence-electron chi connectivity index (χ4n) is 1.62. The van der Waals surface area contributed by atoms with Gasteiger partial charge in [-0.3, -0.25) is 4.79 Å². The Kier molecular flexibility index (Phi) is 3.59. The van der Waals surface area contributed by atoms with Gasteiger partial charge in [0.15, 0.2) is 0 Å². The van der Waals surface area contributed by atoms with Crippen molar-refractivity contribution >= 4 is 11.6 Å². The molecular weight excluding hydrogens is 236 g/mol. The quantitative estimate of drug-likeness (QED) is 0.908. The third-order valence-electron chi connectivity index (χ3n) is 2.49. The van der Waals surface area contributed by atoms with Crippen molar-refractivity contribution in [2.24, 2.45) is 0 Å². The number of nitrogens with one attached hydrogen (secondary N) is 1. The number of nitrogens with zero attached hydrogens (tertiary/aromatic N) is 1. The Morgan fingerprint density at radius 2 is 2.00 bits per heavy atom. The van der Waals surface area contributed by atoms with Gasteiger partial charge in [0.1, 0.15) is 5.82 Å². The number of aromatic amines is 1. The third kappa shape index (κ3) is 3.17. The van der Waals surface area contributed by atoms with Gasteiger partial charge in [0, 0.05) is 23.2 Å². The zero-order chi connectivity index (χ0) is 12.3. The smallest absolute Gasteiger partial charge is 0.251 e. The van der Waals surface area contributed by atoms with Crippen LogP contribution in [-0.4, -0.2) is 9.97 Å². The Balaban J connectivity index is 2.26. The van der Waals surface area contributed by atoms with E-state index in [9.17, 15) is 4.79 Å². The Morgan fingerprint density at radius 1 is 1.29 bits per heavy atom. The second-order valence-corrected chi connectivity index (χ2v) is 4.28. The molecule has 0 fully saturated rings. The molecule has 0 aliphatic carbocycles. The number of hydrogen-bond acceptors (Lipinski definition) is 2. The van der Waals surface area contributed by atoms with Crippen LogP contribution in [0.4, 0.5) is 0 Å². The van der Waals surface area contributed by atoms with Gasteiger partial charge >= 0.3 is 0 Å². The van der Waals surface area contributed by atoms with Gasteiger partial charge in [0.05, 0.1) is 0 Å². The van der Waals surface area contributed by atoms with Crippen molar-refractivity contribution in [3.63, 3.8) is 0 Å². The molecule has 4 heteroatoms. The highest BCUT2D eigenvalue weighted by Gasteiger charge is 2.01. The van der Waals surface area contributed by atoms with Crippen LogP contribution < -0.4 is 5.56 Å². The molecule has 1 heterocycles. The van der Waals surface area contributed by atoms with Gasteiger partial charge < -0.3 is 4.98 Å². The molecule has 88 valence electrons. The summed E-state index contributed by atoms with van der Waals surface area (Å²) < 4.78 is 0. The van der Waals surface area contributed by atoms with Gasteiger partial charge in [-0.1, -0.05) is 30.7 Å². The van der Waals surface area contributed by atoms with Crippen molar-refractivity contribution in [3.05, 3.63) is 62.8 Å². The Labute approximate surface area is 104 Å². The van der Waals surface area contributed by atoms with E-state index < -0.39 is 0 Å². The molecule has 0 bridgehead atoms. The minimum absolute atomic E-state index is 0.0965. The van der Waals surface area contributed by atoms with E-state index >= 15 is 0 Å². The van der Waals surface area contributed by atoms with Gasteiger partial charge in [-0.15, -0.1) is 0 Å². The van der Waals surface area contributed by atoms with Crippen LogP contribution in [0.3, 0.4) is 0 Å². The molecular formula is C13H13ClN2O. The third-order valence-corrected chi connectivity index (χ3v) is 2.74. The second kappa shape index (κ2) is 5.15. The lowest BCUT2D eigenvalue weighted by Gasteiger charge is -2.03. The number of aryl methyl sites for hydroxylation is 1. The molecule has 0 saturated carbocycles. The average molecular weight is 249 g/mol. The molecule has 1 N–H and O–H groups in total. The summed E-state index contributed by atoms with van der Waals surface area (Å²) in [5, 5.41) is 0.706. The highest BCUT2D eigenvalue weighted by atomic mass is 35.5. The molecule has 0 atom stereocenters. The number of benzene rings is 1. The minimum atomic E-state index is -0.0965. The van der Waals surface area contributed by atoms with Crippen molar-refractivity contribution in [1.29, 1.82) is 0 Å². The van der Waals surface area contributed by atoms with Gasteiger partial charge in [-0.2, -0.15) is 0 Å².